The Morgan fingerprint density at radius 3 is 2.73 bits per heavy atom. The van der Waals surface area contributed by atoms with E-state index in [9.17, 15) is 8.42 Å². The average molecular weight is 341 g/mol. The highest BCUT2D eigenvalue weighted by Crippen LogP contribution is 2.22. The molecule has 0 amide bonds. The highest BCUT2D eigenvalue weighted by atomic mass is 35.5. The summed E-state index contributed by atoms with van der Waals surface area (Å²) in [6.45, 7) is 0.638. The Morgan fingerprint density at radius 1 is 1.27 bits per heavy atom. The van der Waals surface area contributed by atoms with Crippen molar-refractivity contribution in [1.82, 2.24) is 19.3 Å². The predicted octanol–water partition coefficient (Wildman–Crippen LogP) is 1.37. The van der Waals surface area contributed by atoms with Gasteiger partial charge in [0.1, 0.15) is 11.0 Å². The molecule has 3 heterocycles. The normalized spacial score (nSPS) is 19.2. The number of ether oxygens (including phenoxy) is 1. The zero-order valence-corrected chi connectivity index (χ0v) is 13.0. The lowest BCUT2D eigenvalue weighted by Crippen LogP contribution is -2.31. The van der Waals surface area contributed by atoms with E-state index in [1.807, 2.05) is 0 Å². The van der Waals surface area contributed by atoms with Gasteiger partial charge in [0.2, 0.25) is 10.0 Å². The van der Waals surface area contributed by atoms with Gasteiger partial charge in [0.25, 0.3) is 0 Å². The Bertz CT molecular complexity index is 740. The van der Waals surface area contributed by atoms with E-state index in [1.165, 1.54) is 35.2 Å². The van der Waals surface area contributed by atoms with Crippen LogP contribution in [-0.4, -0.2) is 46.9 Å². The summed E-state index contributed by atoms with van der Waals surface area (Å²) in [5.74, 6) is 0. The summed E-state index contributed by atoms with van der Waals surface area (Å²) >= 11 is 5.71. The number of aromatic nitrogens is 3. The van der Waals surface area contributed by atoms with E-state index < -0.39 is 10.0 Å². The summed E-state index contributed by atoms with van der Waals surface area (Å²) in [5.41, 5.74) is 0. The van der Waals surface area contributed by atoms with Crippen molar-refractivity contribution in [2.45, 2.75) is 17.4 Å². The smallest absolute Gasteiger partial charge is 0.316 e. The van der Waals surface area contributed by atoms with Crippen molar-refractivity contribution in [3.8, 4) is 6.01 Å². The number of hydrogen-bond acceptors (Lipinski definition) is 6. The molecule has 0 N–H and O–H groups in total. The second kappa shape index (κ2) is 6.15. The van der Waals surface area contributed by atoms with Gasteiger partial charge in [0.15, 0.2) is 0 Å². The van der Waals surface area contributed by atoms with E-state index in [1.54, 1.807) is 6.07 Å². The molecule has 9 heteroatoms. The number of rotatable bonds is 4. The Balaban J connectivity index is 1.68. The number of pyridine rings is 1. The van der Waals surface area contributed by atoms with Crippen molar-refractivity contribution in [3.05, 3.63) is 41.9 Å². The Morgan fingerprint density at radius 2 is 2.05 bits per heavy atom. The zero-order valence-electron chi connectivity index (χ0n) is 11.5. The van der Waals surface area contributed by atoms with Gasteiger partial charge in [-0.05, 0) is 18.6 Å². The van der Waals surface area contributed by atoms with Gasteiger partial charge in [-0.25, -0.2) is 18.4 Å². The SMILES string of the molecule is O=S(=O)(c1cccnc1)N1CC[C@@H](Oc2ncc(Cl)cn2)C1. The predicted molar refractivity (Wildman–Crippen MR) is 79.1 cm³/mol. The summed E-state index contributed by atoms with van der Waals surface area (Å²) in [6, 6.07) is 3.31. The number of sulfonamides is 1. The second-order valence-electron chi connectivity index (χ2n) is 4.76. The minimum absolute atomic E-state index is 0.179. The third-order valence-electron chi connectivity index (χ3n) is 3.25. The molecule has 1 fully saturated rings. The molecular weight excluding hydrogens is 328 g/mol. The average Bonchev–Trinajstić information content (AvgIpc) is 3.00. The summed E-state index contributed by atoms with van der Waals surface area (Å²) in [7, 11) is -3.54. The van der Waals surface area contributed by atoms with Crippen molar-refractivity contribution in [1.29, 1.82) is 0 Å². The molecule has 1 atom stereocenters. The van der Waals surface area contributed by atoms with E-state index in [2.05, 4.69) is 15.0 Å². The van der Waals surface area contributed by atoms with Gasteiger partial charge >= 0.3 is 6.01 Å². The maximum atomic E-state index is 12.5. The van der Waals surface area contributed by atoms with Crippen molar-refractivity contribution in [2.24, 2.45) is 0 Å². The molecule has 1 aliphatic rings. The van der Waals surface area contributed by atoms with Crippen LogP contribution in [0.4, 0.5) is 0 Å². The maximum Gasteiger partial charge on any atom is 0.316 e. The summed E-state index contributed by atoms with van der Waals surface area (Å²) < 4.78 is 31.9. The van der Waals surface area contributed by atoms with Crippen molar-refractivity contribution in [3.63, 3.8) is 0 Å². The highest BCUT2D eigenvalue weighted by Gasteiger charge is 2.34. The standard InChI is InChI=1S/C13H13ClN4O3S/c14-10-6-16-13(17-7-10)21-11-3-5-18(9-11)22(19,20)12-2-1-4-15-8-12/h1-2,4,6-8,11H,3,5,9H2/t11-/m1/s1. The molecule has 22 heavy (non-hydrogen) atoms. The lowest BCUT2D eigenvalue weighted by molar-refractivity contribution is 0.197. The molecule has 0 aliphatic carbocycles. The minimum atomic E-state index is -3.54. The zero-order chi connectivity index (χ0) is 15.6. The molecule has 0 saturated carbocycles. The monoisotopic (exact) mass is 340 g/mol. The van der Waals surface area contributed by atoms with Crippen LogP contribution in [0, 0.1) is 0 Å². The van der Waals surface area contributed by atoms with Crippen LogP contribution in [0.1, 0.15) is 6.42 Å². The van der Waals surface area contributed by atoms with Crippen molar-refractivity contribution in [2.75, 3.05) is 13.1 Å². The quantitative estimate of drug-likeness (QED) is 0.835. The first-order valence-corrected chi connectivity index (χ1v) is 8.42. The minimum Gasteiger partial charge on any atom is -0.459 e. The molecule has 2 aromatic heterocycles. The molecule has 2 aromatic rings. The summed E-state index contributed by atoms with van der Waals surface area (Å²) in [5, 5.41) is 0.416. The second-order valence-corrected chi connectivity index (χ2v) is 7.14. The van der Waals surface area contributed by atoms with Gasteiger partial charge in [0.05, 0.1) is 24.0 Å². The summed E-state index contributed by atoms with van der Waals surface area (Å²) in [6.07, 6.45) is 6.03. The molecule has 3 rings (SSSR count). The van der Waals surface area contributed by atoms with Crippen LogP contribution >= 0.6 is 11.6 Å². The van der Waals surface area contributed by atoms with Gasteiger partial charge in [-0.1, -0.05) is 11.6 Å². The van der Waals surface area contributed by atoms with Gasteiger partial charge in [-0.2, -0.15) is 4.31 Å². The number of halogens is 1. The van der Waals surface area contributed by atoms with Crippen LogP contribution in [-0.2, 0) is 10.0 Å². The molecular formula is C13H13ClN4O3S. The fourth-order valence-electron chi connectivity index (χ4n) is 2.17. The number of hydrogen-bond donors (Lipinski definition) is 0. The molecule has 0 spiro atoms. The molecule has 1 saturated heterocycles. The molecule has 0 radical (unpaired) electrons. The Kier molecular flexibility index (Phi) is 4.23. The van der Waals surface area contributed by atoms with Gasteiger partial charge < -0.3 is 4.74 Å². The molecule has 7 nitrogen and oxygen atoms in total. The fourth-order valence-corrected chi connectivity index (χ4v) is 3.72. The fraction of sp³-hybridized carbons (Fsp3) is 0.308. The summed E-state index contributed by atoms with van der Waals surface area (Å²) in [4.78, 5) is 11.9. The van der Waals surface area contributed by atoms with Crippen LogP contribution in [0.15, 0.2) is 41.8 Å². The van der Waals surface area contributed by atoms with E-state index in [0.717, 1.165) is 0 Å². The van der Waals surface area contributed by atoms with Crippen molar-refractivity contribution < 1.29 is 13.2 Å². The molecule has 0 unspecified atom stereocenters. The van der Waals surface area contributed by atoms with Gasteiger partial charge in [-0.15, -0.1) is 0 Å². The molecule has 1 aliphatic heterocycles. The molecule has 0 bridgehead atoms. The lowest BCUT2D eigenvalue weighted by Gasteiger charge is -2.16. The Hall–Kier alpha value is -1.77. The van der Waals surface area contributed by atoms with Crippen molar-refractivity contribution >= 4 is 21.6 Å². The van der Waals surface area contributed by atoms with Crippen LogP contribution < -0.4 is 4.74 Å². The first-order valence-electron chi connectivity index (χ1n) is 6.60. The topological polar surface area (TPSA) is 85.3 Å². The van der Waals surface area contributed by atoms with E-state index in [4.69, 9.17) is 16.3 Å². The lowest BCUT2D eigenvalue weighted by atomic mass is 10.3. The van der Waals surface area contributed by atoms with E-state index in [-0.39, 0.29) is 23.6 Å². The third kappa shape index (κ3) is 3.18. The van der Waals surface area contributed by atoms with Gasteiger partial charge in [0, 0.05) is 18.9 Å². The molecule has 116 valence electrons. The third-order valence-corrected chi connectivity index (χ3v) is 5.29. The van der Waals surface area contributed by atoms with Crippen LogP contribution in [0.25, 0.3) is 0 Å². The first-order chi connectivity index (χ1) is 10.6. The van der Waals surface area contributed by atoms with E-state index in [0.29, 0.717) is 18.0 Å². The van der Waals surface area contributed by atoms with Crippen LogP contribution in [0.3, 0.4) is 0 Å². The molecule has 0 aromatic carbocycles. The maximum absolute atomic E-state index is 12.5. The largest absolute Gasteiger partial charge is 0.459 e. The first kappa shape index (κ1) is 15.1. The van der Waals surface area contributed by atoms with E-state index >= 15 is 0 Å². The van der Waals surface area contributed by atoms with Gasteiger partial charge in [-0.3, -0.25) is 4.98 Å². The van der Waals surface area contributed by atoms with Crippen LogP contribution in [0.2, 0.25) is 5.02 Å². The Labute approximate surface area is 133 Å². The van der Waals surface area contributed by atoms with Crippen LogP contribution in [0.5, 0.6) is 6.01 Å². The highest BCUT2D eigenvalue weighted by molar-refractivity contribution is 7.89. The number of nitrogens with zero attached hydrogens (tertiary/aromatic N) is 4.